The van der Waals surface area contributed by atoms with Gasteiger partial charge in [-0.15, -0.1) is 0 Å². The Morgan fingerprint density at radius 2 is 1.94 bits per heavy atom. The van der Waals surface area contributed by atoms with E-state index in [0.717, 1.165) is 5.56 Å². The van der Waals surface area contributed by atoms with Crippen molar-refractivity contribution in [2.24, 2.45) is 0 Å². The summed E-state index contributed by atoms with van der Waals surface area (Å²) in [6, 6.07) is 12.8. The molecule has 0 bridgehead atoms. The van der Waals surface area contributed by atoms with Crippen LogP contribution in [-0.2, 0) is 11.3 Å². The topological polar surface area (TPSA) is 120 Å². The van der Waals surface area contributed by atoms with Crippen LogP contribution in [0.5, 0.6) is 5.75 Å². The lowest BCUT2D eigenvalue weighted by Gasteiger charge is -2.17. The largest absolute Gasteiger partial charge is 0.505 e. The molecule has 0 radical (unpaired) electrons. The van der Waals surface area contributed by atoms with Crippen LogP contribution in [-0.4, -0.2) is 38.6 Å². The van der Waals surface area contributed by atoms with E-state index < -0.39 is 17.2 Å². The van der Waals surface area contributed by atoms with E-state index in [1.165, 1.54) is 29.4 Å². The van der Waals surface area contributed by atoms with Crippen LogP contribution in [0.3, 0.4) is 0 Å². The minimum Gasteiger partial charge on any atom is -0.505 e. The Balaban J connectivity index is 1.62. The molecule has 0 spiro atoms. The Hall–Kier alpha value is -4.58. The molecule has 1 amide bonds. The van der Waals surface area contributed by atoms with Gasteiger partial charge in [0, 0.05) is 37.1 Å². The molecule has 1 aliphatic heterocycles. The van der Waals surface area contributed by atoms with E-state index in [2.05, 4.69) is 10.3 Å². The van der Waals surface area contributed by atoms with Gasteiger partial charge < -0.3 is 24.6 Å². The summed E-state index contributed by atoms with van der Waals surface area (Å²) in [4.78, 5) is 31.4. The van der Waals surface area contributed by atoms with Crippen LogP contribution < -0.4 is 10.9 Å². The van der Waals surface area contributed by atoms with Crippen LogP contribution in [0.25, 0.3) is 10.8 Å². The molecule has 3 heterocycles. The van der Waals surface area contributed by atoms with Crippen LogP contribution in [0, 0.1) is 11.3 Å². The summed E-state index contributed by atoms with van der Waals surface area (Å²) in [5, 5.41) is 23.0. The number of hydrogen-bond acceptors (Lipinski definition) is 7. The van der Waals surface area contributed by atoms with Crippen LogP contribution in [0.4, 0.5) is 0 Å². The van der Waals surface area contributed by atoms with Crippen molar-refractivity contribution < 1.29 is 14.6 Å². The molecule has 0 aliphatic carbocycles. The van der Waals surface area contributed by atoms with Gasteiger partial charge >= 0.3 is 0 Å². The van der Waals surface area contributed by atoms with Crippen molar-refractivity contribution >= 4 is 16.7 Å². The molecule has 0 fully saturated rings. The standard InChI is InChI=1S/C23H19N5O4/c24-14-18-19-17(6-8-28(23(19)31)15-16-4-2-1-3-5-16)21(29)20(26-18)22(30)25-7-9-27-10-12-32-13-11-27/h1-6,8,10-13,29H,7,9,15H2,(H,25,30). The van der Waals surface area contributed by atoms with Crippen LogP contribution in [0.2, 0.25) is 0 Å². The molecule has 9 nitrogen and oxygen atoms in total. The van der Waals surface area contributed by atoms with E-state index in [9.17, 15) is 20.0 Å². The first-order valence-corrected chi connectivity index (χ1v) is 9.81. The van der Waals surface area contributed by atoms with Gasteiger partial charge in [0.1, 0.15) is 18.6 Å². The van der Waals surface area contributed by atoms with E-state index >= 15 is 0 Å². The highest BCUT2D eigenvalue weighted by atomic mass is 16.5. The maximum atomic E-state index is 13.0. The average Bonchev–Trinajstić information content (AvgIpc) is 2.82. The second-order valence-electron chi connectivity index (χ2n) is 6.99. The zero-order chi connectivity index (χ0) is 22.5. The van der Waals surface area contributed by atoms with Crippen molar-refractivity contribution in [3.8, 4) is 11.8 Å². The minimum atomic E-state index is -0.643. The van der Waals surface area contributed by atoms with E-state index in [4.69, 9.17) is 4.74 Å². The number of pyridine rings is 2. The summed E-state index contributed by atoms with van der Waals surface area (Å²) in [7, 11) is 0. The maximum Gasteiger partial charge on any atom is 0.273 e. The summed E-state index contributed by atoms with van der Waals surface area (Å²) in [6.07, 6.45) is 7.93. The zero-order valence-corrected chi connectivity index (χ0v) is 16.9. The van der Waals surface area contributed by atoms with E-state index in [1.54, 1.807) is 17.3 Å². The van der Waals surface area contributed by atoms with Crippen molar-refractivity contribution in [3.05, 3.63) is 94.8 Å². The smallest absolute Gasteiger partial charge is 0.273 e. The molecule has 160 valence electrons. The second-order valence-corrected chi connectivity index (χ2v) is 6.99. The molecule has 1 aromatic carbocycles. The van der Waals surface area contributed by atoms with Crippen LogP contribution in [0.15, 0.2) is 72.3 Å². The van der Waals surface area contributed by atoms with Crippen molar-refractivity contribution in [3.63, 3.8) is 0 Å². The SMILES string of the molecule is N#Cc1nc(C(=O)NCCN2C=COC=C2)c(O)c2ccn(Cc3ccccc3)c(=O)c12. The lowest BCUT2D eigenvalue weighted by molar-refractivity contribution is 0.0944. The van der Waals surface area contributed by atoms with Gasteiger partial charge in [-0.3, -0.25) is 9.59 Å². The summed E-state index contributed by atoms with van der Waals surface area (Å²) >= 11 is 0. The predicted molar refractivity (Wildman–Crippen MR) is 116 cm³/mol. The van der Waals surface area contributed by atoms with Crippen LogP contribution in [0.1, 0.15) is 21.7 Å². The van der Waals surface area contributed by atoms with Gasteiger partial charge in [-0.25, -0.2) is 4.98 Å². The minimum absolute atomic E-state index is 0.0245. The molecule has 2 N–H and O–H groups in total. The van der Waals surface area contributed by atoms with Crippen molar-refractivity contribution in [2.75, 3.05) is 13.1 Å². The van der Waals surface area contributed by atoms with Gasteiger partial charge in [0.05, 0.1) is 11.9 Å². The lowest BCUT2D eigenvalue weighted by Crippen LogP contribution is -2.32. The number of aromatic nitrogens is 2. The highest BCUT2D eigenvalue weighted by molar-refractivity contribution is 6.02. The Kier molecular flexibility index (Phi) is 5.85. The first-order valence-electron chi connectivity index (χ1n) is 9.81. The van der Waals surface area contributed by atoms with Gasteiger partial charge in [0.25, 0.3) is 11.5 Å². The predicted octanol–water partition coefficient (Wildman–Crippen LogP) is 2.03. The third kappa shape index (κ3) is 4.15. The molecule has 32 heavy (non-hydrogen) atoms. The van der Waals surface area contributed by atoms with Gasteiger partial charge in [0.15, 0.2) is 17.1 Å². The number of nitriles is 1. The molecule has 2 aromatic heterocycles. The molecule has 0 saturated heterocycles. The number of fused-ring (bicyclic) bond motifs is 1. The Bertz CT molecular complexity index is 1310. The van der Waals surface area contributed by atoms with E-state index in [1.807, 2.05) is 36.4 Å². The second kappa shape index (κ2) is 9.06. The number of hydrogen-bond donors (Lipinski definition) is 2. The van der Waals surface area contributed by atoms with Gasteiger partial charge in [-0.1, -0.05) is 30.3 Å². The number of carbonyl (C=O) groups excluding carboxylic acids is 1. The van der Waals surface area contributed by atoms with Crippen molar-refractivity contribution in [2.45, 2.75) is 6.54 Å². The molecule has 9 heteroatoms. The average molecular weight is 429 g/mol. The number of benzene rings is 1. The number of rotatable bonds is 6. The molecule has 1 aliphatic rings. The molecule has 0 unspecified atom stereocenters. The third-order valence-corrected chi connectivity index (χ3v) is 4.94. The third-order valence-electron chi connectivity index (χ3n) is 4.94. The number of aromatic hydroxyl groups is 1. The molecular formula is C23H19N5O4. The fourth-order valence-corrected chi connectivity index (χ4v) is 3.35. The molecule has 4 rings (SSSR count). The summed E-state index contributed by atoms with van der Waals surface area (Å²) in [5.74, 6) is -1.08. The maximum absolute atomic E-state index is 13.0. The Morgan fingerprint density at radius 3 is 2.66 bits per heavy atom. The highest BCUT2D eigenvalue weighted by Gasteiger charge is 2.21. The first-order chi connectivity index (χ1) is 15.6. The number of ether oxygens (including phenoxy) is 1. The molecule has 0 atom stereocenters. The highest BCUT2D eigenvalue weighted by Crippen LogP contribution is 2.27. The van der Waals surface area contributed by atoms with Gasteiger partial charge in [0.2, 0.25) is 0 Å². The summed E-state index contributed by atoms with van der Waals surface area (Å²) < 4.78 is 6.37. The number of amides is 1. The fraction of sp³-hybridized carbons (Fsp3) is 0.130. The molecule has 0 saturated carbocycles. The Labute approximate surface area is 183 Å². The quantitative estimate of drug-likeness (QED) is 0.615. The molecular weight excluding hydrogens is 410 g/mol. The van der Waals surface area contributed by atoms with Crippen molar-refractivity contribution in [1.29, 1.82) is 5.26 Å². The number of nitrogens with one attached hydrogen (secondary N) is 1. The zero-order valence-electron chi connectivity index (χ0n) is 16.9. The van der Waals surface area contributed by atoms with Crippen molar-refractivity contribution in [1.82, 2.24) is 19.8 Å². The normalized spacial score (nSPS) is 12.4. The monoisotopic (exact) mass is 429 g/mol. The van der Waals surface area contributed by atoms with Crippen LogP contribution >= 0.6 is 0 Å². The number of nitrogens with zero attached hydrogens (tertiary/aromatic N) is 4. The summed E-state index contributed by atoms with van der Waals surface area (Å²) in [6.45, 7) is 1.02. The number of carbonyl (C=O) groups is 1. The Morgan fingerprint density at radius 1 is 1.19 bits per heavy atom. The van der Waals surface area contributed by atoms with Gasteiger partial charge in [-0.05, 0) is 11.6 Å². The van der Waals surface area contributed by atoms with E-state index in [0.29, 0.717) is 13.1 Å². The van der Waals surface area contributed by atoms with Gasteiger partial charge in [-0.2, -0.15) is 5.26 Å². The molecule has 3 aromatic rings. The summed E-state index contributed by atoms with van der Waals surface area (Å²) in [5.41, 5.74) is -0.0779. The lowest BCUT2D eigenvalue weighted by atomic mass is 10.1. The first kappa shape index (κ1) is 20.7. The van der Waals surface area contributed by atoms with E-state index in [-0.39, 0.29) is 28.7 Å². The fourth-order valence-electron chi connectivity index (χ4n) is 3.35.